The number of nitrogens with zero attached hydrogens (tertiary/aromatic N) is 1. The summed E-state index contributed by atoms with van der Waals surface area (Å²) in [5, 5.41) is 8.66. The van der Waals surface area contributed by atoms with E-state index in [0.29, 0.717) is 17.0 Å². The lowest BCUT2D eigenvalue weighted by Gasteiger charge is -2.08. The minimum Gasteiger partial charge on any atom is -0.497 e. The van der Waals surface area contributed by atoms with Gasteiger partial charge < -0.3 is 16.2 Å². The van der Waals surface area contributed by atoms with E-state index in [2.05, 4.69) is 0 Å². The van der Waals surface area contributed by atoms with Crippen molar-refractivity contribution in [3.8, 4) is 11.8 Å². The SMILES string of the molecule is CC.COc1ccc(/C(C)=C(\N)C#N)c(N)c1. The van der Waals surface area contributed by atoms with E-state index in [1.165, 1.54) is 0 Å². The Labute approximate surface area is 102 Å². The molecule has 0 amide bonds. The van der Waals surface area contributed by atoms with Crippen molar-refractivity contribution in [2.75, 3.05) is 12.8 Å². The fourth-order valence-electron chi connectivity index (χ4n) is 1.24. The molecule has 0 aliphatic rings. The van der Waals surface area contributed by atoms with E-state index in [-0.39, 0.29) is 5.70 Å². The molecule has 1 rings (SSSR count). The van der Waals surface area contributed by atoms with E-state index < -0.39 is 0 Å². The molecule has 0 fully saturated rings. The first-order valence-corrected chi connectivity index (χ1v) is 5.40. The Balaban J connectivity index is 0.00000121. The number of benzene rings is 1. The summed E-state index contributed by atoms with van der Waals surface area (Å²) in [6, 6.07) is 7.15. The van der Waals surface area contributed by atoms with E-state index in [4.69, 9.17) is 21.5 Å². The van der Waals surface area contributed by atoms with Crippen LogP contribution in [0.3, 0.4) is 0 Å². The average molecular weight is 233 g/mol. The van der Waals surface area contributed by atoms with Crippen LogP contribution in [-0.2, 0) is 0 Å². The van der Waals surface area contributed by atoms with Crippen LogP contribution in [0.4, 0.5) is 5.69 Å². The molecular weight excluding hydrogens is 214 g/mol. The highest BCUT2D eigenvalue weighted by Gasteiger charge is 2.06. The van der Waals surface area contributed by atoms with Crippen LogP contribution >= 0.6 is 0 Å². The summed E-state index contributed by atoms with van der Waals surface area (Å²) in [6.45, 7) is 5.76. The molecule has 92 valence electrons. The number of hydrogen-bond donors (Lipinski definition) is 2. The molecule has 4 nitrogen and oxygen atoms in total. The molecule has 0 aromatic heterocycles. The zero-order chi connectivity index (χ0) is 13.4. The van der Waals surface area contributed by atoms with Gasteiger partial charge in [-0.15, -0.1) is 0 Å². The number of methoxy groups -OCH3 is 1. The lowest BCUT2D eigenvalue weighted by atomic mass is 10.0. The van der Waals surface area contributed by atoms with Gasteiger partial charge in [-0.25, -0.2) is 0 Å². The minimum absolute atomic E-state index is 0.173. The molecule has 17 heavy (non-hydrogen) atoms. The highest BCUT2D eigenvalue weighted by atomic mass is 16.5. The first-order valence-electron chi connectivity index (χ1n) is 5.40. The van der Waals surface area contributed by atoms with Crippen molar-refractivity contribution in [1.82, 2.24) is 0 Å². The Morgan fingerprint density at radius 3 is 2.35 bits per heavy atom. The summed E-state index contributed by atoms with van der Waals surface area (Å²) >= 11 is 0. The number of rotatable bonds is 2. The predicted octanol–water partition coefficient (Wildman–Crippen LogP) is 2.52. The van der Waals surface area contributed by atoms with Crippen LogP contribution in [0.25, 0.3) is 5.57 Å². The largest absolute Gasteiger partial charge is 0.497 e. The molecule has 0 spiro atoms. The predicted molar refractivity (Wildman–Crippen MR) is 71.1 cm³/mol. The van der Waals surface area contributed by atoms with Gasteiger partial charge in [0.1, 0.15) is 17.5 Å². The molecule has 1 aromatic rings. The second-order valence-electron chi connectivity index (χ2n) is 3.10. The molecule has 0 saturated heterocycles. The van der Waals surface area contributed by atoms with Gasteiger partial charge in [-0.05, 0) is 24.6 Å². The average Bonchev–Trinajstić information content (AvgIpc) is 2.39. The lowest BCUT2D eigenvalue weighted by Crippen LogP contribution is -2.00. The molecule has 0 atom stereocenters. The molecule has 1 aromatic carbocycles. The van der Waals surface area contributed by atoms with Gasteiger partial charge in [-0.1, -0.05) is 13.8 Å². The molecule has 0 aliphatic heterocycles. The van der Waals surface area contributed by atoms with Crippen molar-refractivity contribution in [2.45, 2.75) is 20.8 Å². The summed E-state index contributed by atoms with van der Waals surface area (Å²) in [5.41, 5.74) is 13.5. The van der Waals surface area contributed by atoms with Crippen LogP contribution in [0.1, 0.15) is 26.3 Å². The van der Waals surface area contributed by atoms with Gasteiger partial charge in [0.15, 0.2) is 0 Å². The third-order valence-corrected chi connectivity index (χ3v) is 2.19. The van der Waals surface area contributed by atoms with Crippen LogP contribution in [0.15, 0.2) is 23.9 Å². The quantitative estimate of drug-likeness (QED) is 0.607. The number of allylic oxidation sites excluding steroid dienone is 2. The van der Waals surface area contributed by atoms with Crippen molar-refractivity contribution in [3.05, 3.63) is 29.5 Å². The molecule has 0 saturated carbocycles. The zero-order valence-electron chi connectivity index (χ0n) is 10.7. The maximum absolute atomic E-state index is 8.66. The van der Waals surface area contributed by atoms with E-state index in [0.717, 1.165) is 5.56 Å². The number of anilines is 1. The van der Waals surface area contributed by atoms with Gasteiger partial charge in [0.25, 0.3) is 0 Å². The number of nitrogens with two attached hydrogens (primary N) is 2. The maximum atomic E-state index is 8.66. The fourth-order valence-corrected chi connectivity index (χ4v) is 1.24. The van der Waals surface area contributed by atoms with Crippen LogP contribution in [0, 0.1) is 11.3 Å². The smallest absolute Gasteiger partial charge is 0.120 e. The standard InChI is InChI=1S/C11H13N3O.C2H6/c1-7(11(14)6-12)9-4-3-8(15-2)5-10(9)13;1-2/h3-5H,13-14H2,1-2H3;1-2H3/b11-7-;. The van der Waals surface area contributed by atoms with Crippen molar-refractivity contribution < 1.29 is 4.74 Å². The van der Waals surface area contributed by atoms with Crippen molar-refractivity contribution in [3.63, 3.8) is 0 Å². The molecule has 0 unspecified atom stereocenters. The Morgan fingerprint density at radius 2 is 1.94 bits per heavy atom. The van der Waals surface area contributed by atoms with Gasteiger partial charge >= 0.3 is 0 Å². The third-order valence-electron chi connectivity index (χ3n) is 2.19. The molecule has 0 radical (unpaired) electrons. The van der Waals surface area contributed by atoms with Crippen LogP contribution in [-0.4, -0.2) is 7.11 Å². The number of nitriles is 1. The monoisotopic (exact) mass is 233 g/mol. The highest BCUT2D eigenvalue weighted by Crippen LogP contribution is 2.26. The normalized spacial score (nSPS) is 10.5. The van der Waals surface area contributed by atoms with Gasteiger partial charge in [0.2, 0.25) is 0 Å². The molecule has 0 heterocycles. The molecular formula is C13H19N3O. The van der Waals surface area contributed by atoms with E-state index in [9.17, 15) is 0 Å². The number of nitrogen functional groups attached to an aromatic ring is 1. The van der Waals surface area contributed by atoms with Gasteiger partial charge in [-0.2, -0.15) is 5.26 Å². The summed E-state index contributed by atoms with van der Waals surface area (Å²) in [4.78, 5) is 0. The molecule has 4 heteroatoms. The van der Waals surface area contributed by atoms with Gasteiger partial charge in [-0.3, -0.25) is 0 Å². The number of hydrogen-bond acceptors (Lipinski definition) is 4. The molecule has 0 aliphatic carbocycles. The Kier molecular flexibility index (Phi) is 6.27. The van der Waals surface area contributed by atoms with Crippen LogP contribution in [0.2, 0.25) is 0 Å². The first-order chi connectivity index (χ1) is 8.10. The fraction of sp³-hybridized carbons (Fsp3) is 0.308. The van der Waals surface area contributed by atoms with Crippen LogP contribution < -0.4 is 16.2 Å². The topological polar surface area (TPSA) is 85.1 Å². The number of ether oxygens (including phenoxy) is 1. The second kappa shape index (κ2) is 7.18. The third kappa shape index (κ3) is 3.72. The van der Waals surface area contributed by atoms with Crippen molar-refractivity contribution in [1.29, 1.82) is 5.26 Å². The summed E-state index contributed by atoms with van der Waals surface area (Å²) < 4.78 is 5.02. The van der Waals surface area contributed by atoms with Gasteiger partial charge in [0, 0.05) is 17.3 Å². The van der Waals surface area contributed by atoms with E-state index >= 15 is 0 Å². The molecule has 0 bridgehead atoms. The van der Waals surface area contributed by atoms with E-state index in [1.807, 2.05) is 19.9 Å². The highest BCUT2D eigenvalue weighted by molar-refractivity contribution is 5.78. The summed E-state index contributed by atoms with van der Waals surface area (Å²) in [6.07, 6.45) is 0. The Bertz CT molecular complexity index is 444. The van der Waals surface area contributed by atoms with Crippen LogP contribution in [0.5, 0.6) is 5.75 Å². The lowest BCUT2D eigenvalue weighted by molar-refractivity contribution is 0.415. The Morgan fingerprint density at radius 1 is 1.35 bits per heavy atom. The van der Waals surface area contributed by atoms with Gasteiger partial charge in [0.05, 0.1) is 7.11 Å². The summed E-state index contributed by atoms with van der Waals surface area (Å²) in [7, 11) is 1.57. The van der Waals surface area contributed by atoms with E-state index in [1.54, 1.807) is 32.2 Å². The van der Waals surface area contributed by atoms with Crippen molar-refractivity contribution in [2.24, 2.45) is 5.73 Å². The minimum atomic E-state index is 0.173. The first kappa shape index (κ1) is 14.8. The summed E-state index contributed by atoms with van der Waals surface area (Å²) in [5.74, 6) is 0.680. The van der Waals surface area contributed by atoms with Crippen molar-refractivity contribution >= 4 is 11.3 Å². The Hall–Kier alpha value is -2.15. The molecule has 4 N–H and O–H groups in total. The zero-order valence-corrected chi connectivity index (χ0v) is 10.7. The maximum Gasteiger partial charge on any atom is 0.120 e. The second-order valence-corrected chi connectivity index (χ2v) is 3.10.